The zero-order valence-corrected chi connectivity index (χ0v) is 4.59. The van der Waals surface area contributed by atoms with Crippen molar-refractivity contribution in [2.75, 3.05) is 19.6 Å². The molecule has 1 rings (SSSR count). The highest BCUT2D eigenvalue weighted by atomic mass is 15.2. The standard InChI is InChI=1S/C6H7N2/c1-2-4-8-5-3-7-6-8/h6H,3-5H2. The normalized spacial score (nSPS) is 16.6. The van der Waals surface area contributed by atoms with Gasteiger partial charge in [-0.05, 0) is 6.42 Å². The van der Waals surface area contributed by atoms with Crippen LogP contribution < -0.4 is 0 Å². The van der Waals surface area contributed by atoms with Crippen LogP contribution >= 0.6 is 0 Å². The van der Waals surface area contributed by atoms with Gasteiger partial charge in [0.2, 0.25) is 0 Å². The van der Waals surface area contributed by atoms with Crippen LogP contribution in [-0.4, -0.2) is 30.9 Å². The Labute approximate surface area is 49.2 Å². The van der Waals surface area contributed by atoms with Crippen molar-refractivity contribution in [2.45, 2.75) is 0 Å². The Morgan fingerprint density at radius 1 is 1.88 bits per heavy atom. The Morgan fingerprint density at radius 2 is 2.75 bits per heavy atom. The molecule has 1 heterocycles. The summed E-state index contributed by atoms with van der Waals surface area (Å²) < 4.78 is 0. The van der Waals surface area contributed by atoms with Crippen molar-refractivity contribution >= 4 is 6.34 Å². The van der Waals surface area contributed by atoms with E-state index in [1.165, 1.54) is 0 Å². The third-order valence-corrected chi connectivity index (χ3v) is 1.04. The summed E-state index contributed by atoms with van der Waals surface area (Å²) >= 11 is 0. The molecule has 41 valence electrons. The highest BCUT2D eigenvalue weighted by Crippen LogP contribution is 1.89. The van der Waals surface area contributed by atoms with Crippen LogP contribution in [0.4, 0.5) is 0 Å². The SMILES string of the molecule is [C]#CCN1C=NCC1. The van der Waals surface area contributed by atoms with Crippen molar-refractivity contribution in [3.63, 3.8) is 0 Å². The lowest BCUT2D eigenvalue weighted by Gasteiger charge is -2.06. The molecular weight excluding hydrogens is 100 g/mol. The van der Waals surface area contributed by atoms with Crippen LogP contribution in [0.2, 0.25) is 0 Å². The number of rotatable bonds is 1. The molecule has 0 N–H and O–H groups in total. The Bertz CT molecular complexity index is 132. The average molecular weight is 107 g/mol. The summed E-state index contributed by atoms with van der Waals surface area (Å²) in [5, 5.41) is 0. The monoisotopic (exact) mass is 107 g/mol. The molecule has 1 aliphatic heterocycles. The molecule has 8 heavy (non-hydrogen) atoms. The van der Waals surface area contributed by atoms with E-state index in [2.05, 4.69) is 10.9 Å². The lowest BCUT2D eigenvalue weighted by Crippen LogP contribution is -2.19. The summed E-state index contributed by atoms with van der Waals surface area (Å²) in [4.78, 5) is 5.91. The Balaban J connectivity index is 2.28. The van der Waals surface area contributed by atoms with Crippen molar-refractivity contribution in [1.29, 1.82) is 0 Å². The van der Waals surface area contributed by atoms with Gasteiger partial charge in [-0.25, -0.2) is 0 Å². The quantitative estimate of drug-likeness (QED) is 0.428. The van der Waals surface area contributed by atoms with Crippen LogP contribution in [0.25, 0.3) is 0 Å². The molecule has 1 aliphatic rings. The fourth-order valence-electron chi connectivity index (χ4n) is 0.639. The minimum absolute atomic E-state index is 0.587. The van der Waals surface area contributed by atoms with Gasteiger partial charge in [-0.15, -0.1) is 0 Å². The molecule has 0 saturated heterocycles. The smallest absolute Gasteiger partial charge is 0.0859 e. The summed E-state index contributed by atoms with van der Waals surface area (Å²) in [6, 6.07) is 0. The Morgan fingerprint density at radius 3 is 3.25 bits per heavy atom. The van der Waals surface area contributed by atoms with Crippen LogP contribution in [0.3, 0.4) is 0 Å². The summed E-state index contributed by atoms with van der Waals surface area (Å²) in [6.07, 6.45) is 8.38. The highest BCUT2D eigenvalue weighted by Gasteiger charge is 2.00. The zero-order chi connectivity index (χ0) is 5.82. The molecule has 2 heteroatoms. The maximum Gasteiger partial charge on any atom is 0.0859 e. The molecule has 0 saturated carbocycles. The molecular formula is C6H7N2. The predicted octanol–water partition coefficient (Wildman–Crippen LogP) is -0.0799. The maximum atomic E-state index is 6.61. The number of nitrogens with zero attached hydrogens (tertiary/aromatic N) is 2. The molecule has 0 unspecified atom stereocenters. The van der Waals surface area contributed by atoms with Gasteiger partial charge in [0.15, 0.2) is 0 Å². The van der Waals surface area contributed by atoms with E-state index in [9.17, 15) is 0 Å². The van der Waals surface area contributed by atoms with E-state index in [0.29, 0.717) is 6.54 Å². The molecule has 0 aromatic rings. The first kappa shape index (κ1) is 5.17. The number of hydrogen-bond donors (Lipinski definition) is 0. The summed E-state index contributed by atoms with van der Waals surface area (Å²) in [6.45, 7) is 2.41. The third kappa shape index (κ3) is 1.00. The molecule has 0 spiro atoms. The van der Waals surface area contributed by atoms with E-state index >= 15 is 0 Å². The largest absolute Gasteiger partial charge is 0.350 e. The molecule has 0 amide bonds. The van der Waals surface area contributed by atoms with Gasteiger partial charge >= 0.3 is 0 Å². The molecule has 0 aromatic heterocycles. The maximum absolute atomic E-state index is 6.61. The van der Waals surface area contributed by atoms with Crippen molar-refractivity contribution in [3.05, 3.63) is 6.42 Å². The number of hydrogen-bond acceptors (Lipinski definition) is 2. The first-order chi connectivity index (χ1) is 3.93. The third-order valence-electron chi connectivity index (χ3n) is 1.04. The molecule has 1 radical (unpaired) electrons. The van der Waals surface area contributed by atoms with Gasteiger partial charge in [0, 0.05) is 6.54 Å². The van der Waals surface area contributed by atoms with Gasteiger partial charge in [0.1, 0.15) is 0 Å². The summed E-state index contributed by atoms with van der Waals surface area (Å²) in [5.41, 5.74) is 0. The fraction of sp³-hybridized carbons (Fsp3) is 0.500. The van der Waals surface area contributed by atoms with Gasteiger partial charge in [0.25, 0.3) is 0 Å². The molecule has 0 aromatic carbocycles. The van der Waals surface area contributed by atoms with Crippen LogP contribution in [0.5, 0.6) is 0 Å². The van der Waals surface area contributed by atoms with Crippen molar-refractivity contribution < 1.29 is 0 Å². The van der Waals surface area contributed by atoms with E-state index in [4.69, 9.17) is 6.42 Å². The minimum atomic E-state index is 0.587. The van der Waals surface area contributed by atoms with Crippen LogP contribution in [0, 0.1) is 12.3 Å². The lowest BCUT2D eigenvalue weighted by molar-refractivity contribution is 0.526. The Kier molecular flexibility index (Phi) is 1.53. The molecule has 0 atom stereocenters. The van der Waals surface area contributed by atoms with E-state index < -0.39 is 0 Å². The molecule has 2 nitrogen and oxygen atoms in total. The van der Waals surface area contributed by atoms with Gasteiger partial charge in [0.05, 0.1) is 19.4 Å². The van der Waals surface area contributed by atoms with Gasteiger partial charge < -0.3 is 4.90 Å². The van der Waals surface area contributed by atoms with E-state index in [-0.39, 0.29) is 0 Å². The second kappa shape index (κ2) is 2.37. The van der Waals surface area contributed by atoms with Crippen molar-refractivity contribution in [1.82, 2.24) is 4.90 Å². The zero-order valence-electron chi connectivity index (χ0n) is 4.59. The van der Waals surface area contributed by atoms with E-state index in [1.54, 1.807) is 6.34 Å². The highest BCUT2D eigenvalue weighted by molar-refractivity contribution is 5.57. The Hall–Kier alpha value is -0.970. The summed E-state index contributed by atoms with van der Waals surface area (Å²) in [5.74, 6) is 2.29. The fourth-order valence-corrected chi connectivity index (χ4v) is 0.639. The van der Waals surface area contributed by atoms with Crippen molar-refractivity contribution in [3.8, 4) is 5.92 Å². The second-order valence-electron chi connectivity index (χ2n) is 1.67. The van der Waals surface area contributed by atoms with E-state index in [1.807, 2.05) is 4.90 Å². The average Bonchev–Trinajstić information content (AvgIpc) is 2.19. The molecule has 0 aliphatic carbocycles. The topological polar surface area (TPSA) is 15.6 Å². The van der Waals surface area contributed by atoms with Gasteiger partial charge in [-0.3, -0.25) is 4.99 Å². The summed E-state index contributed by atoms with van der Waals surface area (Å²) in [7, 11) is 0. The van der Waals surface area contributed by atoms with Crippen molar-refractivity contribution in [2.24, 2.45) is 4.99 Å². The van der Waals surface area contributed by atoms with Crippen LogP contribution in [-0.2, 0) is 0 Å². The second-order valence-corrected chi connectivity index (χ2v) is 1.67. The lowest BCUT2D eigenvalue weighted by atomic mass is 10.5. The van der Waals surface area contributed by atoms with Gasteiger partial charge in [-0.1, -0.05) is 5.92 Å². The van der Waals surface area contributed by atoms with Crippen LogP contribution in [0.15, 0.2) is 4.99 Å². The van der Waals surface area contributed by atoms with E-state index in [0.717, 1.165) is 13.1 Å². The molecule has 0 fully saturated rings. The predicted molar refractivity (Wildman–Crippen MR) is 32.1 cm³/mol. The molecule has 0 bridgehead atoms. The first-order valence-corrected chi connectivity index (χ1v) is 2.57. The van der Waals surface area contributed by atoms with Gasteiger partial charge in [-0.2, -0.15) is 0 Å². The minimum Gasteiger partial charge on any atom is -0.350 e. The first-order valence-electron chi connectivity index (χ1n) is 2.57. The van der Waals surface area contributed by atoms with Crippen LogP contribution in [0.1, 0.15) is 0 Å². The number of aliphatic imine (C=N–C) groups is 1.